The lowest BCUT2D eigenvalue weighted by molar-refractivity contribution is -0.122. The van der Waals surface area contributed by atoms with Crippen molar-refractivity contribution in [1.29, 1.82) is 0 Å². The van der Waals surface area contributed by atoms with E-state index in [2.05, 4.69) is 19.9 Å². The van der Waals surface area contributed by atoms with Crippen LogP contribution in [0.5, 0.6) is 0 Å². The molecule has 3 saturated carbocycles. The first kappa shape index (κ1) is 20.6. The first-order chi connectivity index (χ1) is 13.3. The molecule has 0 saturated heterocycles. The van der Waals surface area contributed by atoms with Crippen LogP contribution in [0.3, 0.4) is 0 Å². The van der Waals surface area contributed by atoms with Crippen LogP contribution in [0.25, 0.3) is 0 Å². The lowest BCUT2D eigenvalue weighted by atomic mass is 9.47. The number of carbonyl (C=O) groups excluding carboxylic acids is 1. The summed E-state index contributed by atoms with van der Waals surface area (Å²) in [5, 5.41) is 10.2. The number of aliphatic hydroxyl groups excluding tert-OH is 1. The summed E-state index contributed by atoms with van der Waals surface area (Å²) in [4.78, 5) is 12.0. The summed E-state index contributed by atoms with van der Waals surface area (Å²) in [6.45, 7) is 9.19. The Bertz CT molecular complexity index is 634. The number of rotatable bonds is 5. The van der Waals surface area contributed by atoms with Gasteiger partial charge in [-0.15, -0.1) is 0 Å². The molecule has 0 bridgehead atoms. The van der Waals surface area contributed by atoms with Gasteiger partial charge < -0.3 is 5.11 Å². The zero-order valence-corrected chi connectivity index (χ0v) is 18.7. The van der Waals surface area contributed by atoms with Crippen LogP contribution in [0.15, 0.2) is 11.6 Å². The number of carbonyl (C=O) groups is 1. The Labute approximate surface area is 172 Å². The molecule has 2 nitrogen and oxygen atoms in total. The normalized spacial score (nSPS) is 45.2. The van der Waals surface area contributed by atoms with Crippen molar-refractivity contribution in [3.8, 4) is 0 Å². The third-order valence-corrected chi connectivity index (χ3v) is 9.89. The van der Waals surface area contributed by atoms with Crippen molar-refractivity contribution < 1.29 is 9.90 Å². The molecule has 1 N–H and O–H groups in total. The van der Waals surface area contributed by atoms with Crippen molar-refractivity contribution in [3.63, 3.8) is 0 Å². The van der Waals surface area contributed by atoms with E-state index in [-0.39, 0.29) is 12.0 Å². The summed E-state index contributed by atoms with van der Waals surface area (Å²) in [5.41, 5.74) is 2.43. The van der Waals surface area contributed by atoms with Crippen LogP contribution >= 0.6 is 0 Å². The van der Waals surface area contributed by atoms with Gasteiger partial charge in [0.2, 0.25) is 0 Å². The van der Waals surface area contributed by atoms with Crippen LogP contribution in [-0.4, -0.2) is 17.0 Å². The summed E-state index contributed by atoms with van der Waals surface area (Å²) in [6.07, 6.45) is 15.5. The highest BCUT2D eigenvalue weighted by Crippen LogP contribution is 2.66. The van der Waals surface area contributed by atoms with E-state index in [0.29, 0.717) is 16.6 Å². The molecule has 2 heteroatoms. The highest BCUT2D eigenvalue weighted by atomic mass is 16.3. The molecule has 158 valence electrons. The highest BCUT2D eigenvalue weighted by molar-refractivity contribution is 5.80. The van der Waals surface area contributed by atoms with Gasteiger partial charge in [0.05, 0.1) is 6.10 Å². The van der Waals surface area contributed by atoms with Crippen LogP contribution in [0, 0.1) is 40.4 Å². The van der Waals surface area contributed by atoms with Crippen LogP contribution in [0.2, 0.25) is 0 Å². The molecule has 0 aromatic rings. The fourth-order valence-electron chi connectivity index (χ4n) is 8.04. The minimum atomic E-state index is -0.103. The summed E-state index contributed by atoms with van der Waals surface area (Å²) in [5.74, 6) is 4.02. The lowest BCUT2D eigenvalue weighted by Crippen LogP contribution is -2.50. The van der Waals surface area contributed by atoms with Crippen molar-refractivity contribution in [2.45, 2.75) is 104 Å². The number of allylic oxidation sites excluding steroid dienone is 1. The summed E-state index contributed by atoms with van der Waals surface area (Å²) >= 11 is 0. The highest BCUT2D eigenvalue weighted by Gasteiger charge is 2.58. The van der Waals surface area contributed by atoms with E-state index in [4.69, 9.17) is 0 Å². The van der Waals surface area contributed by atoms with E-state index in [9.17, 15) is 9.90 Å². The maximum absolute atomic E-state index is 12.0. The van der Waals surface area contributed by atoms with Crippen LogP contribution in [0.4, 0.5) is 0 Å². The maximum Gasteiger partial charge on any atom is 0.135 e. The number of aliphatic hydroxyl groups is 1. The predicted octanol–water partition coefficient (Wildman–Crippen LogP) is 6.32. The third-order valence-electron chi connectivity index (χ3n) is 9.89. The second-order valence-corrected chi connectivity index (χ2v) is 11.5. The Kier molecular flexibility index (Phi) is 5.57. The van der Waals surface area contributed by atoms with Crippen LogP contribution in [0.1, 0.15) is 98.3 Å². The van der Waals surface area contributed by atoms with E-state index in [1.807, 2.05) is 13.8 Å². The van der Waals surface area contributed by atoms with Gasteiger partial charge in [-0.05, 0) is 98.7 Å². The molecule has 0 aliphatic heterocycles. The fourth-order valence-corrected chi connectivity index (χ4v) is 8.04. The van der Waals surface area contributed by atoms with Gasteiger partial charge in [-0.2, -0.15) is 0 Å². The predicted molar refractivity (Wildman–Crippen MR) is 115 cm³/mol. The van der Waals surface area contributed by atoms with Gasteiger partial charge in [0.25, 0.3) is 0 Å². The van der Waals surface area contributed by atoms with Crippen LogP contribution in [-0.2, 0) is 4.79 Å². The molecule has 28 heavy (non-hydrogen) atoms. The van der Waals surface area contributed by atoms with Gasteiger partial charge >= 0.3 is 0 Å². The third kappa shape index (κ3) is 3.32. The number of ketones is 1. The molecule has 0 heterocycles. The van der Waals surface area contributed by atoms with E-state index < -0.39 is 0 Å². The van der Waals surface area contributed by atoms with Crippen molar-refractivity contribution in [3.05, 3.63) is 11.6 Å². The second-order valence-electron chi connectivity index (χ2n) is 11.5. The smallest absolute Gasteiger partial charge is 0.135 e. The Balaban J connectivity index is 1.45. The van der Waals surface area contributed by atoms with E-state index in [1.165, 1.54) is 44.9 Å². The molecule has 4 rings (SSSR count). The molecule has 7 atom stereocenters. The summed E-state index contributed by atoms with van der Waals surface area (Å²) in [7, 11) is 0. The molecule has 0 amide bonds. The minimum Gasteiger partial charge on any atom is -0.393 e. The molecular formula is C26H42O2. The van der Waals surface area contributed by atoms with Crippen molar-refractivity contribution in [1.82, 2.24) is 0 Å². The van der Waals surface area contributed by atoms with Gasteiger partial charge in [0.15, 0.2) is 0 Å². The molecule has 0 spiro atoms. The summed E-state index contributed by atoms with van der Waals surface area (Å²) in [6, 6.07) is 0. The van der Waals surface area contributed by atoms with E-state index in [0.717, 1.165) is 49.4 Å². The first-order valence-electron chi connectivity index (χ1n) is 12.2. The molecule has 3 fully saturated rings. The number of hydrogen-bond acceptors (Lipinski definition) is 2. The van der Waals surface area contributed by atoms with Gasteiger partial charge in [-0.3, -0.25) is 4.79 Å². The number of Topliss-reactive ketones (excluding diaryl/α,β-unsaturated/α-hetero) is 1. The number of hydrogen-bond donors (Lipinski definition) is 1. The lowest BCUT2D eigenvalue weighted by Gasteiger charge is -2.58. The average molecular weight is 387 g/mol. The standard InChI is InChI=1S/C26H42O2/c1-17(2)24(28)7-5-6-18-9-11-22-21-10-8-19-16-20(27)12-14-26(19,4)23(21)13-15-25(18,22)3/h8,17-18,20-23,27H,5-7,9-16H2,1-4H3/t18-,20-,21-,22-,23-,25+,26-/m0/s1. The van der Waals surface area contributed by atoms with Crippen molar-refractivity contribution in [2.75, 3.05) is 0 Å². The average Bonchev–Trinajstić information content (AvgIpc) is 2.99. The SMILES string of the molecule is CC(C)C(=O)CCC[C@H]1CC[C@H]2[C@@H]3CC=C4C[C@@H](O)CC[C@]4(C)[C@H]3CC[C@]12C. The Hall–Kier alpha value is -0.630. The zero-order chi connectivity index (χ0) is 20.1. The maximum atomic E-state index is 12.0. The van der Waals surface area contributed by atoms with Gasteiger partial charge in [-0.25, -0.2) is 0 Å². The Morgan fingerprint density at radius 1 is 1.14 bits per heavy atom. The minimum absolute atomic E-state index is 0.103. The fraction of sp³-hybridized carbons (Fsp3) is 0.885. The monoisotopic (exact) mass is 386 g/mol. The quantitative estimate of drug-likeness (QED) is 0.561. The number of fused-ring (bicyclic) bond motifs is 5. The van der Waals surface area contributed by atoms with Crippen LogP contribution < -0.4 is 0 Å². The molecular weight excluding hydrogens is 344 g/mol. The molecule has 0 radical (unpaired) electrons. The Morgan fingerprint density at radius 3 is 2.68 bits per heavy atom. The van der Waals surface area contributed by atoms with Gasteiger partial charge in [0, 0.05) is 12.3 Å². The van der Waals surface area contributed by atoms with E-state index in [1.54, 1.807) is 5.57 Å². The summed E-state index contributed by atoms with van der Waals surface area (Å²) < 4.78 is 0. The van der Waals surface area contributed by atoms with Gasteiger partial charge in [-0.1, -0.05) is 39.3 Å². The molecule has 4 aliphatic rings. The molecule has 4 aliphatic carbocycles. The molecule has 0 aromatic heterocycles. The first-order valence-corrected chi connectivity index (χ1v) is 12.2. The van der Waals surface area contributed by atoms with E-state index >= 15 is 0 Å². The van der Waals surface area contributed by atoms with Gasteiger partial charge in [0.1, 0.15) is 5.78 Å². The molecule has 0 aromatic carbocycles. The topological polar surface area (TPSA) is 37.3 Å². The van der Waals surface area contributed by atoms with Crippen molar-refractivity contribution in [2.24, 2.45) is 40.4 Å². The largest absolute Gasteiger partial charge is 0.393 e. The second kappa shape index (κ2) is 7.56. The zero-order valence-electron chi connectivity index (χ0n) is 18.7. The van der Waals surface area contributed by atoms with Crippen molar-refractivity contribution >= 4 is 5.78 Å². The Morgan fingerprint density at radius 2 is 1.93 bits per heavy atom. The molecule has 0 unspecified atom stereocenters.